The summed E-state index contributed by atoms with van der Waals surface area (Å²) in [5, 5.41) is 2.34. The van der Waals surface area contributed by atoms with E-state index < -0.39 is 0 Å². The van der Waals surface area contributed by atoms with E-state index in [9.17, 15) is 0 Å². The zero-order chi connectivity index (χ0) is 30.2. The Bertz CT molecular complexity index is 2170. The molecule has 2 heterocycles. The number of allylic oxidation sites excluding steroid dienone is 2. The van der Waals surface area contributed by atoms with E-state index in [2.05, 4.69) is 109 Å². The molecule has 0 saturated heterocycles. The van der Waals surface area contributed by atoms with Crippen molar-refractivity contribution in [2.24, 2.45) is 0 Å². The molecule has 1 aliphatic rings. The molecule has 0 bridgehead atoms. The van der Waals surface area contributed by atoms with Gasteiger partial charge in [-0.1, -0.05) is 115 Å². The van der Waals surface area contributed by atoms with Crippen LogP contribution in [-0.4, -0.2) is 20.6 Å². The van der Waals surface area contributed by atoms with Gasteiger partial charge in [0, 0.05) is 28.3 Å². The zero-order valence-electron chi connectivity index (χ0n) is 25.0. The lowest BCUT2D eigenvalue weighted by Crippen LogP contribution is -2.15. The Kier molecular flexibility index (Phi) is 6.80. The van der Waals surface area contributed by atoms with Gasteiger partial charge in [0.2, 0.25) is 5.95 Å². The van der Waals surface area contributed by atoms with E-state index in [0.717, 1.165) is 51.3 Å². The number of ether oxygens (including phenoxy) is 1. The fourth-order valence-corrected chi connectivity index (χ4v) is 6.17. The van der Waals surface area contributed by atoms with Gasteiger partial charge in [-0.25, -0.2) is 9.97 Å². The first kappa shape index (κ1) is 26.9. The highest BCUT2D eigenvalue weighted by Gasteiger charge is 2.18. The van der Waals surface area contributed by atoms with Crippen molar-refractivity contribution in [3.05, 3.63) is 163 Å². The van der Waals surface area contributed by atoms with Crippen LogP contribution in [0.15, 0.2) is 152 Å². The van der Waals surface area contributed by atoms with Crippen LogP contribution in [-0.2, 0) is 0 Å². The van der Waals surface area contributed by atoms with E-state index in [1.165, 1.54) is 21.9 Å². The summed E-state index contributed by atoms with van der Waals surface area (Å²) in [6.07, 6.45) is 7.48. The highest BCUT2D eigenvalue weighted by molar-refractivity contribution is 6.10. The Balaban J connectivity index is 1.22. The van der Waals surface area contributed by atoms with Crippen molar-refractivity contribution in [3.63, 3.8) is 0 Å². The molecule has 0 fully saturated rings. The van der Waals surface area contributed by atoms with Crippen LogP contribution in [0.4, 0.5) is 0 Å². The first-order valence-electron chi connectivity index (χ1n) is 15.4. The second-order valence-electron chi connectivity index (χ2n) is 11.4. The van der Waals surface area contributed by atoms with Crippen LogP contribution in [0.1, 0.15) is 17.5 Å². The van der Waals surface area contributed by atoms with Crippen LogP contribution in [0.5, 0.6) is 5.75 Å². The maximum absolute atomic E-state index is 6.29. The summed E-state index contributed by atoms with van der Waals surface area (Å²) in [7, 11) is 0. The molecule has 0 radical (unpaired) electrons. The molecule has 8 rings (SSSR count). The minimum Gasteiger partial charge on any atom is -0.486 e. The largest absolute Gasteiger partial charge is 0.486 e. The lowest BCUT2D eigenvalue weighted by molar-refractivity contribution is 0.250. The fourth-order valence-electron chi connectivity index (χ4n) is 6.17. The van der Waals surface area contributed by atoms with E-state index >= 15 is 0 Å². The third-order valence-corrected chi connectivity index (χ3v) is 8.49. The highest BCUT2D eigenvalue weighted by Crippen LogP contribution is 2.35. The highest BCUT2D eigenvalue weighted by atomic mass is 16.5. The number of hydrogen-bond donors (Lipinski definition) is 0. The number of aromatic nitrogens is 3. The molecular weight excluding hydrogens is 550 g/mol. The predicted molar refractivity (Wildman–Crippen MR) is 185 cm³/mol. The van der Waals surface area contributed by atoms with Crippen LogP contribution in [0.25, 0.3) is 55.8 Å². The van der Waals surface area contributed by atoms with Gasteiger partial charge in [0.05, 0.1) is 22.4 Å². The van der Waals surface area contributed by atoms with E-state index in [1.54, 1.807) is 0 Å². The summed E-state index contributed by atoms with van der Waals surface area (Å²) in [5.41, 5.74) is 9.58. The summed E-state index contributed by atoms with van der Waals surface area (Å²) in [4.78, 5) is 10.3. The molecule has 7 aromatic rings. The van der Waals surface area contributed by atoms with Crippen LogP contribution in [0.2, 0.25) is 0 Å². The second kappa shape index (κ2) is 11.4. The first-order valence-corrected chi connectivity index (χ1v) is 15.4. The predicted octanol–water partition coefficient (Wildman–Crippen LogP) is 10.0. The normalized spacial score (nSPS) is 14.5. The minimum atomic E-state index is 0.0216. The van der Waals surface area contributed by atoms with E-state index in [0.29, 0.717) is 5.95 Å². The maximum atomic E-state index is 6.29. The molecule has 4 nitrogen and oxygen atoms in total. The smallest absolute Gasteiger partial charge is 0.235 e. The molecule has 2 aromatic heterocycles. The summed E-state index contributed by atoms with van der Waals surface area (Å²) < 4.78 is 8.48. The van der Waals surface area contributed by atoms with Crippen molar-refractivity contribution >= 4 is 27.4 Å². The minimum absolute atomic E-state index is 0.0216. The van der Waals surface area contributed by atoms with Gasteiger partial charge in [0.1, 0.15) is 11.9 Å². The Morgan fingerprint density at radius 1 is 0.622 bits per heavy atom. The molecule has 0 amide bonds. The summed E-state index contributed by atoms with van der Waals surface area (Å²) in [6.45, 7) is 2.08. The molecule has 5 aromatic carbocycles. The Morgan fingerprint density at radius 2 is 1.27 bits per heavy atom. The third-order valence-electron chi connectivity index (χ3n) is 8.49. The average molecular weight is 582 g/mol. The quantitative estimate of drug-likeness (QED) is 0.196. The van der Waals surface area contributed by atoms with Crippen molar-refractivity contribution in [1.29, 1.82) is 0 Å². The second-order valence-corrected chi connectivity index (χ2v) is 11.4. The number of aryl methyl sites for hydroxylation is 1. The Labute approximate surface area is 262 Å². The number of nitrogens with zero attached hydrogens (tertiary/aromatic N) is 3. The Morgan fingerprint density at radius 3 is 1.96 bits per heavy atom. The van der Waals surface area contributed by atoms with Crippen molar-refractivity contribution in [2.75, 3.05) is 0 Å². The van der Waals surface area contributed by atoms with Gasteiger partial charge in [-0.05, 0) is 60.0 Å². The van der Waals surface area contributed by atoms with Gasteiger partial charge in [-0.2, -0.15) is 0 Å². The molecule has 0 aliphatic heterocycles. The molecule has 1 aliphatic carbocycles. The molecule has 45 heavy (non-hydrogen) atoms. The third kappa shape index (κ3) is 5.11. The van der Waals surface area contributed by atoms with E-state index in [1.807, 2.05) is 54.6 Å². The monoisotopic (exact) mass is 581 g/mol. The fraction of sp³-hybridized carbons (Fsp3) is 0.0732. The van der Waals surface area contributed by atoms with E-state index in [-0.39, 0.29) is 6.10 Å². The van der Waals surface area contributed by atoms with Gasteiger partial charge in [-0.3, -0.25) is 4.57 Å². The van der Waals surface area contributed by atoms with Crippen LogP contribution < -0.4 is 4.74 Å². The maximum Gasteiger partial charge on any atom is 0.235 e. The van der Waals surface area contributed by atoms with Gasteiger partial charge in [-0.15, -0.1) is 0 Å². The molecule has 0 N–H and O–H groups in total. The van der Waals surface area contributed by atoms with Crippen molar-refractivity contribution < 1.29 is 4.74 Å². The van der Waals surface area contributed by atoms with Crippen molar-refractivity contribution in [1.82, 2.24) is 14.5 Å². The van der Waals surface area contributed by atoms with Crippen LogP contribution in [0, 0.1) is 6.92 Å². The standard InChI is InChI=1S/C41H31N3O/c1-28-12-8-11-19-40(28)45-33-23-20-29(21-24-33)32-22-25-39-35(26-32)34-17-9-10-18-38(34)44(39)41-42-36(30-13-4-2-5-14-30)27-37(43-41)31-15-6-3-7-16-31/h2-23,25-27,33H,24H2,1H3. The number of benzene rings is 5. The van der Waals surface area contributed by atoms with Crippen LogP contribution >= 0.6 is 0 Å². The van der Waals surface area contributed by atoms with Gasteiger partial charge in [0.25, 0.3) is 0 Å². The molecule has 0 spiro atoms. The molecular formula is C41H31N3O. The van der Waals surface area contributed by atoms with Gasteiger partial charge in [0.15, 0.2) is 0 Å². The van der Waals surface area contributed by atoms with Crippen molar-refractivity contribution in [3.8, 4) is 34.2 Å². The summed E-state index contributed by atoms with van der Waals surface area (Å²) in [6, 6.07) is 46.1. The topological polar surface area (TPSA) is 39.9 Å². The lowest BCUT2D eigenvalue weighted by atomic mass is 9.97. The molecule has 1 atom stereocenters. The van der Waals surface area contributed by atoms with Gasteiger partial charge >= 0.3 is 0 Å². The van der Waals surface area contributed by atoms with E-state index in [4.69, 9.17) is 14.7 Å². The zero-order valence-corrected chi connectivity index (χ0v) is 25.0. The number of para-hydroxylation sites is 2. The number of fused-ring (bicyclic) bond motifs is 3. The lowest BCUT2D eigenvalue weighted by Gasteiger charge is -2.19. The number of rotatable bonds is 6. The SMILES string of the molecule is Cc1ccccc1OC1C=CC(c2ccc3c(c2)c2ccccc2n3-c2nc(-c3ccccc3)cc(-c3ccccc3)n2)=CC1. The summed E-state index contributed by atoms with van der Waals surface area (Å²) >= 11 is 0. The summed E-state index contributed by atoms with van der Waals surface area (Å²) in [5.74, 6) is 1.59. The van der Waals surface area contributed by atoms with Gasteiger partial charge < -0.3 is 4.74 Å². The first-order chi connectivity index (χ1) is 22.2. The Hall–Kier alpha value is -5.74. The molecule has 0 saturated carbocycles. The van der Waals surface area contributed by atoms with Crippen LogP contribution in [0.3, 0.4) is 0 Å². The van der Waals surface area contributed by atoms with Crippen molar-refractivity contribution in [2.45, 2.75) is 19.4 Å². The molecule has 4 heteroatoms. The molecule has 1 unspecified atom stereocenters. The average Bonchev–Trinajstić information content (AvgIpc) is 3.44. The number of hydrogen-bond acceptors (Lipinski definition) is 3. The molecule has 216 valence electrons.